The van der Waals surface area contributed by atoms with E-state index in [1.807, 2.05) is 0 Å². The second-order valence-electron chi connectivity index (χ2n) is 6.43. The van der Waals surface area contributed by atoms with Crippen LogP contribution in [0.15, 0.2) is 23.1 Å². The number of carboxylic acids is 1. The molecule has 138 valence electrons. The van der Waals surface area contributed by atoms with E-state index in [4.69, 9.17) is 5.11 Å². The smallest absolute Gasteiger partial charge is 0.321 e. The Balaban J connectivity index is 2.11. The van der Waals surface area contributed by atoms with Crippen LogP contribution >= 0.6 is 0 Å². The highest BCUT2D eigenvalue weighted by Crippen LogP contribution is 2.25. The summed E-state index contributed by atoms with van der Waals surface area (Å²) in [7, 11) is -2.15. The van der Waals surface area contributed by atoms with Gasteiger partial charge in [-0.15, -0.1) is 0 Å². The third-order valence-electron chi connectivity index (χ3n) is 3.94. The third-order valence-corrected chi connectivity index (χ3v) is 5.61. The zero-order valence-corrected chi connectivity index (χ0v) is 15.3. The number of carbonyl (C=O) groups is 2. The molecule has 1 aliphatic rings. The highest BCUT2D eigenvalue weighted by atomic mass is 32.2. The molecule has 0 aliphatic heterocycles. The largest absolute Gasteiger partial charge is 0.481 e. The van der Waals surface area contributed by atoms with Crippen molar-refractivity contribution >= 4 is 27.7 Å². The zero-order chi connectivity index (χ0) is 18.8. The van der Waals surface area contributed by atoms with Gasteiger partial charge in [-0.3, -0.25) is 4.79 Å². The van der Waals surface area contributed by atoms with Gasteiger partial charge in [0.25, 0.3) is 0 Å². The van der Waals surface area contributed by atoms with Crippen LogP contribution in [0.25, 0.3) is 0 Å². The number of benzene rings is 1. The summed E-state index contributed by atoms with van der Waals surface area (Å²) in [4.78, 5) is 24.4. The normalized spacial score (nSPS) is 15.5. The van der Waals surface area contributed by atoms with Gasteiger partial charge >= 0.3 is 12.0 Å². The number of hydrogen-bond donors (Lipinski definition) is 3. The maximum Gasteiger partial charge on any atom is 0.321 e. The lowest BCUT2D eigenvalue weighted by Crippen LogP contribution is -2.36. The van der Waals surface area contributed by atoms with E-state index < -0.39 is 27.9 Å². The number of carboxylic acid groups (broad SMARTS) is 1. The number of aliphatic carboxylic acids is 1. The van der Waals surface area contributed by atoms with E-state index in [1.165, 1.54) is 24.9 Å². The fourth-order valence-corrected chi connectivity index (χ4v) is 3.82. The predicted molar refractivity (Wildman–Crippen MR) is 93.0 cm³/mol. The molecule has 1 aliphatic carbocycles. The van der Waals surface area contributed by atoms with Crippen molar-refractivity contribution in [3.63, 3.8) is 0 Å². The van der Waals surface area contributed by atoms with Crippen molar-refractivity contribution in [2.45, 2.75) is 37.6 Å². The van der Waals surface area contributed by atoms with Gasteiger partial charge in [0.15, 0.2) is 0 Å². The number of anilines is 1. The molecule has 1 saturated carbocycles. The summed E-state index contributed by atoms with van der Waals surface area (Å²) < 4.78 is 27.4. The average molecular weight is 369 g/mol. The van der Waals surface area contributed by atoms with Crippen molar-refractivity contribution in [3.8, 4) is 0 Å². The number of carbonyl (C=O) groups excluding carboxylic acids is 1. The van der Waals surface area contributed by atoms with Gasteiger partial charge in [-0.25, -0.2) is 17.9 Å². The minimum Gasteiger partial charge on any atom is -0.481 e. The molecule has 0 saturated heterocycles. The number of nitrogens with one attached hydrogen (secondary N) is 2. The number of hydrogen-bond acceptors (Lipinski definition) is 4. The van der Waals surface area contributed by atoms with Gasteiger partial charge in [-0.05, 0) is 37.5 Å². The van der Waals surface area contributed by atoms with Gasteiger partial charge in [0.2, 0.25) is 10.0 Å². The number of sulfonamides is 1. The molecule has 3 N–H and O–H groups in total. The first-order valence-corrected chi connectivity index (χ1v) is 9.46. The minimum atomic E-state index is -3.63. The van der Waals surface area contributed by atoms with E-state index in [0.717, 1.165) is 12.8 Å². The molecule has 1 aromatic rings. The van der Waals surface area contributed by atoms with Crippen molar-refractivity contribution in [1.82, 2.24) is 9.62 Å². The van der Waals surface area contributed by atoms with E-state index in [9.17, 15) is 18.0 Å². The Morgan fingerprint density at radius 2 is 2.00 bits per heavy atom. The third kappa shape index (κ3) is 5.17. The summed E-state index contributed by atoms with van der Waals surface area (Å²) in [5.41, 5.74) is 0.917. The topological polar surface area (TPSA) is 116 Å². The first-order valence-electron chi connectivity index (χ1n) is 7.98. The Kier molecular flexibility index (Phi) is 5.69. The number of rotatable bonds is 7. The number of aryl methyl sites for hydroxylation is 1. The summed E-state index contributed by atoms with van der Waals surface area (Å²) in [6.45, 7) is 3.24. The van der Waals surface area contributed by atoms with Gasteiger partial charge in [0.1, 0.15) is 0 Å². The highest BCUT2D eigenvalue weighted by Gasteiger charge is 2.29. The molecule has 2 rings (SSSR count). The molecular formula is C16H23N3O5S. The van der Waals surface area contributed by atoms with Gasteiger partial charge < -0.3 is 15.3 Å². The molecule has 2 amide bonds. The van der Waals surface area contributed by atoms with E-state index in [2.05, 4.69) is 10.0 Å². The fraction of sp³-hybridized carbons (Fsp3) is 0.500. The van der Waals surface area contributed by atoms with E-state index in [-0.39, 0.29) is 17.5 Å². The van der Waals surface area contributed by atoms with Crippen LogP contribution in [0.2, 0.25) is 0 Å². The average Bonchev–Trinajstić information content (AvgIpc) is 3.31. The summed E-state index contributed by atoms with van der Waals surface area (Å²) in [5.74, 6) is -1.69. The van der Waals surface area contributed by atoms with Crippen molar-refractivity contribution in [3.05, 3.63) is 23.8 Å². The van der Waals surface area contributed by atoms with Crippen LogP contribution in [0.5, 0.6) is 0 Å². The lowest BCUT2D eigenvalue weighted by Gasteiger charge is -2.20. The minimum absolute atomic E-state index is 0.00807. The molecule has 0 spiro atoms. The van der Waals surface area contributed by atoms with Crippen LogP contribution in [-0.2, 0) is 14.8 Å². The van der Waals surface area contributed by atoms with Crippen LogP contribution in [0.4, 0.5) is 10.5 Å². The number of urea groups is 1. The standard InChI is InChI=1S/C16H23N3O5S/c1-10-4-5-13(8-14(10)25(23,24)18-12-6-7-12)17-16(22)19(3)9-11(2)15(20)21/h4-5,8,11-12,18H,6-7,9H2,1-3H3,(H,17,22)(H,20,21). The molecule has 1 unspecified atom stereocenters. The summed E-state index contributed by atoms with van der Waals surface area (Å²) >= 11 is 0. The molecule has 1 fully saturated rings. The Morgan fingerprint density at radius 1 is 1.36 bits per heavy atom. The van der Waals surface area contributed by atoms with E-state index in [0.29, 0.717) is 11.3 Å². The molecule has 1 atom stereocenters. The monoisotopic (exact) mass is 369 g/mol. The molecule has 0 heterocycles. The summed E-state index contributed by atoms with van der Waals surface area (Å²) in [6, 6.07) is 4.13. The number of nitrogens with zero attached hydrogens (tertiary/aromatic N) is 1. The Morgan fingerprint density at radius 3 is 2.56 bits per heavy atom. The maximum absolute atomic E-state index is 12.4. The SMILES string of the molecule is Cc1ccc(NC(=O)N(C)CC(C)C(=O)O)cc1S(=O)(=O)NC1CC1. The van der Waals surface area contributed by atoms with E-state index in [1.54, 1.807) is 19.1 Å². The lowest BCUT2D eigenvalue weighted by atomic mass is 10.2. The van der Waals surface area contributed by atoms with E-state index >= 15 is 0 Å². The van der Waals surface area contributed by atoms with Crippen LogP contribution in [0.1, 0.15) is 25.3 Å². The van der Waals surface area contributed by atoms with Gasteiger partial charge in [0, 0.05) is 25.3 Å². The second-order valence-corrected chi connectivity index (χ2v) is 8.11. The first-order chi connectivity index (χ1) is 11.6. The van der Waals surface area contributed by atoms with Crippen molar-refractivity contribution in [2.75, 3.05) is 18.9 Å². The highest BCUT2D eigenvalue weighted by molar-refractivity contribution is 7.89. The van der Waals surface area contributed by atoms with Crippen molar-refractivity contribution in [2.24, 2.45) is 5.92 Å². The zero-order valence-electron chi connectivity index (χ0n) is 14.4. The Labute approximate surface area is 147 Å². The van der Waals surface area contributed by atoms with Gasteiger partial charge in [0.05, 0.1) is 10.8 Å². The quantitative estimate of drug-likeness (QED) is 0.675. The Hall–Kier alpha value is -2.13. The fourth-order valence-electron chi connectivity index (χ4n) is 2.24. The summed E-state index contributed by atoms with van der Waals surface area (Å²) in [5, 5.41) is 11.5. The van der Waals surface area contributed by atoms with Crippen molar-refractivity contribution in [1.29, 1.82) is 0 Å². The molecule has 0 radical (unpaired) electrons. The Bertz CT molecular complexity index is 774. The lowest BCUT2D eigenvalue weighted by molar-refractivity contribution is -0.141. The first kappa shape index (κ1) is 19.2. The molecule has 25 heavy (non-hydrogen) atoms. The van der Waals surface area contributed by atoms with Crippen LogP contribution in [-0.4, -0.2) is 50.1 Å². The molecule has 0 bridgehead atoms. The predicted octanol–water partition coefficient (Wildman–Crippen LogP) is 1.62. The van der Waals surface area contributed by atoms with Gasteiger partial charge in [-0.1, -0.05) is 13.0 Å². The number of amides is 2. The van der Waals surface area contributed by atoms with Gasteiger partial charge in [-0.2, -0.15) is 0 Å². The summed E-state index contributed by atoms with van der Waals surface area (Å²) in [6.07, 6.45) is 1.67. The molecular weight excluding hydrogens is 346 g/mol. The molecule has 9 heteroatoms. The van der Waals surface area contributed by atoms with Crippen molar-refractivity contribution < 1.29 is 23.1 Å². The molecule has 0 aromatic heterocycles. The second kappa shape index (κ2) is 7.40. The maximum atomic E-state index is 12.4. The molecule has 8 nitrogen and oxygen atoms in total. The van der Waals surface area contributed by atoms with Crippen LogP contribution < -0.4 is 10.0 Å². The van der Waals surface area contributed by atoms with Crippen LogP contribution in [0, 0.1) is 12.8 Å². The van der Waals surface area contributed by atoms with Crippen LogP contribution in [0.3, 0.4) is 0 Å². The molecule has 1 aromatic carbocycles.